The van der Waals surface area contributed by atoms with Gasteiger partial charge in [0.15, 0.2) is 0 Å². The molecule has 0 saturated carbocycles. The van der Waals surface area contributed by atoms with Crippen LogP contribution < -0.4 is 5.32 Å². The summed E-state index contributed by atoms with van der Waals surface area (Å²) in [6, 6.07) is 5.32. The molecule has 0 aliphatic rings. The van der Waals surface area contributed by atoms with E-state index in [0.717, 1.165) is 10.9 Å². The zero-order valence-electron chi connectivity index (χ0n) is 8.77. The third kappa shape index (κ3) is 4.32. The maximum atomic E-state index is 11.6. The van der Waals surface area contributed by atoms with Crippen molar-refractivity contribution in [2.75, 3.05) is 5.33 Å². The molecule has 16 heavy (non-hydrogen) atoms. The number of hydrogen-bond acceptors (Lipinski definition) is 1. The number of halogens is 3. The van der Waals surface area contributed by atoms with E-state index in [2.05, 4.69) is 21.2 Å². The van der Waals surface area contributed by atoms with Crippen LogP contribution in [0.25, 0.3) is 0 Å². The molecule has 0 aromatic heterocycles. The fourth-order valence-corrected chi connectivity index (χ4v) is 1.68. The molecule has 0 fully saturated rings. The van der Waals surface area contributed by atoms with Gasteiger partial charge in [0.1, 0.15) is 0 Å². The first-order valence-electron chi connectivity index (χ1n) is 4.82. The largest absolute Gasteiger partial charge is 0.353 e. The van der Waals surface area contributed by atoms with Crippen molar-refractivity contribution in [3.63, 3.8) is 0 Å². The summed E-state index contributed by atoms with van der Waals surface area (Å²) in [5.41, 5.74) is 0.855. The van der Waals surface area contributed by atoms with Crippen LogP contribution in [0.3, 0.4) is 0 Å². The summed E-state index contributed by atoms with van der Waals surface area (Å²) in [5, 5.41) is 4.56. The maximum absolute atomic E-state index is 11.6. The number of rotatable bonds is 4. The highest BCUT2D eigenvalue weighted by molar-refractivity contribution is 9.09. The minimum Gasteiger partial charge on any atom is -0.353 e. The number of carbonyl (C=O) groups excluding carboxylic acids is 1. The molecule has 2 nitrogen and oxygen atoms in total. The Morgan fingerprint density at radius 2 is 2.12 bits per heavy atom. The van der Waals surface area contributed by atoms with Gasteiger partial charge in [-0.1, -0.05) is 45.2 Å². The minimum atomic E-state index is -0.0228. The smallest absolute Gasteiger partial charge is 0.224 e. The van der Waals surface area contributed by atoms with Crippen LogP contribution in [0.4, 0.5) is 0 Å². The Kier molecular flexibility index (Phi) is 5.59. The van der Waals surface area contributed by atoms with E-state index in [1.165, 1.54) is 0 Å². The fraction of sp³-hybridized carbons (Fsp3) is 0.364. The van der Waals surface area contributed by atoms with Gasteiger partial charge in [0.2, 0.25) is 5.91 Å². The van der Waals surface area contributed by atoms with Gasteiger partial charge in [-0.15, -0.1) is 0 Å². The minimum absolute atomic E-state index is 0.0228. The second kappa shape index (κ2) is 6.48. The van der Waals surface area contributed by atoms with E-state index < -0.39 is 0 Å². The van der Waals surface area contributed by atoms with Crippen LogP contribution in [0.15, 0.2) is 18.2 Å². The van der Waals surface area contributed by atoms with E-state index in [9.17, 15) is 4.79 Å². The predicted molar refractivity (Wildman–Crippen MR) is 71.6 cm³/mol. The molecule has 1 amide bonds. The fourth-order valence-electron chi connectivity index (χ4n) is 1.20. The van der Waals surface area contributed by atoms with E-state index in [1.807, 2.05) is 6.92 Å². The van der Waals surface area contributed by atoms with Crippen LogP contribution >= 0.6 is 39.1 Å². The van der Waals surface area contributed by atoms with Crippen molar-refractivity contribution < 1.29 is 4.79 Å². The Hall–Kier alpha value is -0.250. The molecule has 0 radical (unpaired) electrons. The summed E-state index contributed by atoms with van der Waals surface area (Å²) in [6.07, 6.45) is 0.314. The van der Waals surface area contributed by atoms with Crippen LogP contribution in [0, 0.1) is 0 Å². The van der Waals surface area contributed by atoms with Crippen molar-refractivity contribution >= 4 is 45.0 Å². The lowest BCUT2D eigenvalue weighted by atomic mass is 10.1. The topological polar surface area (TPSA) is 29.1 Å². The van der Waals surface area contributed by atoms with Gasteiger partial charge >= 0.3 is 0 Å². The molecule has 0 aliphatic carbocycles. The lowest BCUT2D eigenvalue weighted by molar-refractivity contribution is -0.120. The quantitative estimate of drug-likeness (QED) is 0.845. The molecule has 0 heterocycles. The summed E-state index contributed by atoms with van der Waals surface area (Å²) in [7, 11) is 0. The van der Waals surface area contributed by atoms with Crippen molar-refractivity contribution in [2.24, 2.45) is 0 Å². The Morgan fingerprint density at radius 3 is 2.69 bits per heavy atom. The van der Waals surface area contributed by atoms with Crippen molar-refractivity contribution in [1.29, 1.82) is 0 Å². The Morgan fingerprint density at radius 1 is 1.44 bits per heavy atom. The van der Waals surface area contributed by atoms with Crippen molar-refractivity contribution in [1.82, 2.24) is 5.32 Å². The number of alkyl halides is 1. The van der Waals surface area contributed by atoms with Gasteiger partial charge in [-0.25, -0.2) is 0 Å². The predicted octanol–water partition coefficient (Wildman–Crippen LogP) is 3.44. The SMILES string of the molecule is CC(CBr)NC(=O)Cc1ccc(Cl)c(Cl)c1. The number of nitrogens with one attached hydrogen (secondary N) is 1. The van der Waals surface area contributed by atoms with Crippen LogP contribution in [-0.2, 0) is 11.2 Å². The number of carbonyl (C=O) groups is 1. The molecule has 1 rings (SSSR count). The summed E-state index contributed by atoms with van der Waals surface area (Å²) >= 11 is 14.9. The third-order valence-electron chi connectivity index (χ3n) is 1.99. The normalized spacial score (nSPS) is 12.2. The first-order valence-corrected chi connectivity index (χ1v) is 6.70. The molecule has 1 N–H and O–H groups in total. The highest BCUT2D eigenvalue weighted by atomic mass is 79.9. The van der Waals surface area contributed by atoms with E-state index in [-0.39, 0.29) is 11.9 Å². The van der Waals surface area contributed by atoms with Crippen molar-refractivity contribution in [2.45, 2.75) is 19.4 Å². The van der Waals surface area contributed by atoms with Gasteiger partial charge in [-0.3, -0.25) is 4.79 Å². The zero-order valence-corrected chi connectivity index (χ0v) is 11.9. The Balaban J connectivity index is 2.59. The van der Waals surface area contributed by atoms with Gasteiger partial charge in [-0.2, -0.15) is 0 Å². The lowest BCUT2D eigenvalue weighted by Gasteiger charge is -2.10. The molecular weight excluding hydrogens is 313 g/mol. The van der Waals surface area contributed by atoms with Crippen LogP contribution in [-0.4, -0.2) is 17.3 Å². The van der Waals surface area contributed by atoms with Gasteiger partial charge in [0.25, 0.3) is 0 Å². The van der Waals surface area contributed by atoms with Crippen molar-refractivity contribution in [3.8, 4) is 0 Å². The average Bonchev–Trinajstić information content (AvgIpc) is 2.23. The second-order valence-corrected chi connectivity index (χ2v) is 5.01. The van der Waals surface area contributed by atoms with Crippen LogP contribution in [0.5, 0.6) is 0 Å². The van der Waals surface area contributed by atoms with E-state index >= 15 is 0 Å². The van der Waals surface area contributed by atoms with Gasteiger partial charge in [-0.05, 0) is 24.6 Å². The Bertz CT molecular complexity index is 384. The molecule has 1 unspecified atom stereocenters. The van der Waals surface area contributed by atoms with Crippen molar-refractivity contribution in [3.05, 3.63) is 33.8 Å². The first-order chi connectivity index (χ1) is 7.52. The average molecular weight is 325 g/mol. The summed E-state index contributed by atoms with van der Waals surface area (Å²) < 4.78 is 0. The van der Waals surface area contributed by atoms with Gasteiger partial charge in [0, 0.05) is 11.4 Å². The highest BCUT2D eigenvalue weighted by Crippen LogP contribution is 2.22. The monoisotopic (exact) mass is 323 g/mol. The molecule has 88 valence electrons. The second-order valence-electron chi connectivity index (χ2n) is 3.55. The highest BCUT2D eigenvalue weighted by Gasteiger charge is 2.08. The summed E-state index contributed by atoms with van der Waals surface area (Å²) in [4.78, 5) is 11.6. The molecule has 0 saturated heterocycles. The molecule has 0 aliphatic heterocycles. The first kappa shape index (κ1) is 13.8. The van der Waals surface area contributed by atoms with E-state index in [1.54, 1.807) is 18.2 Å². The Labute approximate surface area is 113 Å². The number of benzene rings is 1. The van der Waals surface area contributed by atoms with Gasteiger partial charge in [0.05, 0.1) is 16.5 Å². The lowest BCUT2D eigenvalue weighted by Crippen LogP contribution is -2.34. The molecule has 1 atom stereocenters. The maximum Gasteiger partial charge on any atom is 0.224 e. The molecule has 1 aromatic carbocycles. The van der Waals surface area contributed by atoms with Crippen LogP contribution in [0.2, 0.25) is 10.0 Å². The zero-order chi connectivity index (χ0) is 12.1. The molecule has 0 spiro atoms. The number of hydrogen-bond donors (Lipinski definition) is 1. The van der Waals surface area contributed by atoms with Crippen LogP contribution in [0.1, 0.15) is 12.5 Å². The standard InChI is InChI=1S/C11H12BrCl2NO/c1-7(6-12)15-11(16)5-8-2-3-9(13)10(14)4-8/h2-4,7H,5-6H2,1H3,(H,15,16). The molecule has 5 heteroatoms. The van der Waals surface area contributed by atoms with E-state index in [0.29, 0.717) is 16.5 Å². The molecule has 1 aromatic rings. The molecular formula is C11H12BrCl2NO. The molecule has 0 bridgehead atoms. The van der Waals surface area contributed by atoms with Gasteiger partial charge < -0.3 is 5.32 Å². The van der Waals surface area contributed by atoms with E-state index in [4.69, 9.17) is 23.2 Å². The summed E-state index contributed by atoms with van der Waals surface area (Å²) in [6.45, 7) is 1.93. The summed E-state index contributed by atoms with van der Waals surface area (Å²) in [5.74, 6) is -0.0228. The third-order valence-corrected chi connectivity index (χ3v) is 3.70. The number of amides is 1.